The number of hydrogen-bond donors (Lipinski definition) is 1. The molecule has 0 aliphatic carbocycles. The lowest BCUT2D eigenvalue weighted by molar-refractivity contribution is 0.152. The first-order valence-corrected chi connectivity index (χ1v) is 7.83. The van der Waals surface area contributed by atoms with Crippen molar-refractivity contribution in [2.24, 2.45) is 0 Å². The normalized spacial score (nSPS) is 12.6. The molecule has 20 heavy (non-hydrogen) atoms. The number of aliphatic hydroxyl groups is 1. The Bertz CT molecular complexity index is 572. The maximum atomic E-state index is 10.5. The first-order chi connectivity index (χ1) is 9.63. The highest BCUT2D eigenvalue weighted by molar-refractivity contribution is 9.10. The maximum absolute atomic E-state index is 10.5. The summed E-state index contributed by atoms with van der Waals surface area (Å²) >= 11 is 6.95. The fraction of sp³-hybridized carbons (Fsp3) is 0.357. The molecule has 108 valence electrons. The van der Waals surface area contributed by atoms with Crippen molar-refractivity contribution in [1.82, 2.24) is 9.78 Å². The van der Waals surface area contributed by atoms with Gasteiger partial charge in [-0.2, -0.15) is 5.10 Å². The van der Waals surface area contributed by atoms with E-state index in [1.165, 1.54) is 0 Å². The Labute approximate surface area is 135 Å². The number of methoxy groups -OCH3 is 1. The molecule has 4 nitrogen and oxygen atoms in total. The van der Waals surface area contributed by atoms with Gasteiger partial charge in [0.1, 0.15) is 6.10 Å². The summed E-state index contributed by atoms with van der Waals surface area (Å²) in [5, 5.41) is 14.8. The van der Waals surface area contributed by atoms with Crippen LogP contribution in [-0.2, 0) is 17.7 Å². The van der Waals surface area contributed by atoms with Crippen LogP contribution in [0.5, 0.6) is 0 Å². The molecule has 0 fully saturated rings. The largest absolute Gasteiger partial charge is 0.386 e. The number of nitrogens with zero attached hydrogens (tertiary/aromatic N) is 2. The van der Waals surface area contributed by atoms with Gasteiger partial charge in [0.2, 0.25) is 0 Å². The van der Waals surface area contributed by atoms with E-state index in [1.54, 1.807) is 18.0 Å². The van der Waals surface area contributed by atoms with Crippen molar-refractivity contribution in [3.05, 3.63) is 50.7 Å². The number of hydrogen-bond acceptors (Lipinski definition) is 3. The molecule has 0 bridgehead atoms. The van der Waals surface area contributed by atoms with Crippen molar-refractivity contribution >= 4 is 31.9 Å². The van der Waals surface area contributed by atoms with E-state index in [4.69, 9.17) is 4.74 Å². The standard InChI is InChI=1S/C14H16Br2N2O2/c1-20-7-6-18-14(12(16)9-17-18)13(19)8-10-4-2-3-5-11(10)15/h2-5,9,13,19H,6-8H2,1H3. The first-order valence-electron chi connectivity index (χ1n) is 6.25. The number of halogens is 2. The smallest absolute Gasteiger partial charge is 0.101 e. The molecule has 1 aromatic heterocycles. The Morgan fingerprint density at radius 3 is 2.75 bits per heavy atom. The second-order valence-electron chi connectivity index (χ2n) is 4.41. The van der Waals surface area contributed by atoms with E-state index in [0.29, 0.717) is 19.6 Å². The molecule has 0 saturated carbocycles. The number of rotatable bonds is 6. The van der Waals surface area contributed by atoms with Crippen LogP contribution in [0.15, 0.2) is 39.4 Å². The van der Waals surface area contributed by atoms with Gasteiger partial charge in [-0.05, 0) is 27.6 Å². The van der Waals surface area contributed by atoms with Crippen LogP contribution in [0.4, 0.5) is 0 Å². The van der Waals surface area contributed by atoms with Gasteiger partial charge in [-0.25, -0.2) is 0 Å². The van der Waals surface area contributed by atoms with Gasteiger partial charge < -0.3 is 9.84 Å². The summed E-state index contributed by atoms with van der Waals surface area (Å²) in [5.74, 6) is 0. The Balaban J connectivity index is 2.18. The van der Waals surface area contributed by atoms with E-state index in [-0.39, 0.29) is 0 Å². The van der Waals surface area contributed by atoms with Gasteiger partial charge >= 0.3 is 0 Å². The molecule has 0 aliphatic rings. The Morgan fingerprint density at radius 1 is 1.30 bits per heavy atom. The van der Waals surface area contributed by atoms with Crippen molar-refractivity contribution in [2.45, 2.75) is 19.1 Å². The topological polar surface area (TPSA) is 47.3 Å². The van der Waals surface area contributed by atoms with E-state index < -0.39 is 6.10 Å². The lowest BCUT2D eigenvalue weighted by Gasteiger charge is -2.15. The van der Waals surface area contributed by atoms with Gasteiger partial charge in [0, 0.05) is 18.0 Å². The van der Waals surface area contributed by atoms with Crippen LogP contribution in [0, 0.1) is 0 Å². The van der Waals surface area contributed by atoms with E-state index in [1.807, 2.05) is 24.3 Å². The Kier molecular flexibility index (Phi) is 5.77. The molecule has 2 rings (SSSR count). The summed E-state index contributed by atoms with van der Waals surface area (Å²) in [6.07, 6.45) is 1.61. The lowest BCUT2D eigenvalue weighted by Crippen LogP contribution is -2.14. The number of aromatic nitrogens is 2. The molecule has 1 N–H and O–H groups in total. The number of benzene rings is 1. The zero-order valence-corrected chi connectivity index (χ0v) is 14.3. The van der Waals surface area contributed by atoms with Crippen LogP contribution in [0.2, 0.25) is 0 Å². The predicted octanol–water partition coefficient (Wildman–Crippen LogP) is 3.33. The van der Waals surface area contributed by atoms with Crippen molar-refractivity contribution < 1.29 is 9.84 Å². The lowest BCUT2D eigenvalue weighted by atomic mass is 10.1. The van der Waals surface area contributed by atoms with Crippen molar-refractivity contribution in [3.8, 4) is 0 Å². The molecule has 1 aromatic carbocycles. The molecule has 0 aliphatic heterocycles. The van der Waals surface area contributed by atoms with Gasteiger partial charge in [0.15, 0.2) is 0 Å². The number of ether oxygens (including phenoxy) is 1. The Morgan fingerprint density at radius 2 is 2.05 bits per heavy atom. The van der Waals surface area contributed by atoms with Gasteiger partial charge in [-0.15, -0.1) is 0 Å². The van der Waals surface area contributed by atoms with Crippen molar-refractivity contribution in [2.75, 3.05) is 13.7 Å². The van der Waals surface area contributed by atoms with E-state index in [9.17, 15) is 5.11 Å². The molecular weight excluding hydrogens is 388 g/mol. The Hall–Kier alpha value is -0.690. The van der Waals surface area contributed by atoms with Gasteiger partial charge in [0.25, 0.3) is 0 Å². The monoisotopic (exact) mass is 402 g/mol. The molecule has 1 heterocycles. The highest BCUT2D eigenvalue weighted by Gasteiger charge is 2.19. The third-order valence-corrected chi connectivity index (χ3v) is 4.41. The molecule has 6 heteroatoms. The molecule has 0 saturated heterocycles. The summed E-state index contributed by atoms with van der Waals surface area (Å²) in [5.41, 5.74) is 1.84. The highest BCUT2D eigenvalue weighted by atomic mass is 79.9. The van der Waals surface area contributed by atoms with E-state index >= 15 is 0 Å². The summed E-state index contributed by atoms with van der Waals surface area (Å²) < 4.78 is 8.65. The molecule has 0 radical (unpaired) electrons. The summed E-state index contributed by atoms with van der Waals surface area (Å²) in [7, 11) is 1.65. The molecule has 0 spiro atoms. The molecule has 1 unspecified atom stereocenters. The van der Waals surface area contributed by atoms with Gasteiger partial charge in [-0.3, -0.25) is 4.68 Å². The maximum Gasteiger partial charge on any atom is 0.101 e. The van der Waals surface area contributed by atoms with Crippen LogP contribution >= 0.6 is 31.9 Å². The van der Waals surface area contributed by atoms with Crippen LogP contribution in [-0.4, -0.2) is 28.6 Å². The van der Waals surface area contributed by atoms with E-state index in [2.05, 4.69) is 37.0 Å². The first kappa shape index (κ1) is 15.7. The van der Waals surface area contributed by atoms with Gasteiger partial charge in [0.05, 0.1) is 29.5 Å². The SMILES string of the molecule is COCCn1ncc(Br)c1C(O)Cc1ccccc1Br. The van der Waals surface area contributed by atoms with E-state index in [0.717, 1.165) is 20.2 Å². The number of aliphatic hydroxyl groups excluding tert-OH is 1. The van der Waals surface area contributed by atoms with Crippen LogP contribution < -0.4 is 0 Å². The molecule has 0 amide bonds. The predicted molar refractivity (Wildman–Crippen MR) is 84.6 cm³/mol. The minimum Gasteiger partial charge on any atom is -0.386 e. The van der Waals surface area contributed by atoms with Crippen LogP contribution in [0.1, 0.15) is 17.4 Å². The molecule has 2 aromatic rings. The molecular formula is C14H16Br2N2O2. The fourth-order valence-electron chi connectivity index (χ4n) is 2.03. The summed E-state index contributed by atoms with van der Waals surface area (Å²) in [6.45, 7) is 1.17. The quantitative estimate of drug-likeness (QED) is 0.804. The third-order valence-electron chi connectivity index (χ3n) is 3.03. The average molecular weight is 404 g/mol. The second kappa shape index (κ2) is 7.36. The minimum atomic E-state index is -0.623. The highest BCUT2D eigenvalue weighted by Crippen LogP contribution is 2.28. The van der Waals surface area contributed by atoms with Crippen LogP contribution in [0.3, 0.4) is 0 Å². The van der Waals surface area contributed by atoms with Crippen LogP contribution in [0.25, 0.3) is 0 Å². The second-order valence-corrected chi connectivity index (χ2v) is 6.11. The summed E-state index contributed by atoms with van der Waals surface area (Å²) in [4.78, 5) is 0. The fourth-order valence-corrected chi connectivity index (χ4v) is 3.04. The zero-order chi connectivity index (χ0) is 14.5. The van der Waals surface area contributed by atoms with Crippen molar-refractivity contribution in [1.29, 1.82) is 0 Å². The minimum absolute atomic E-state index is 0.526. The average Bonchev–Trinajstić information content (AvgIpc) is 2.80. The summed E-state index contributed by atoms with van der Waals surface area (Å²) in [6, 6.07) is 7.89. The third kappa shape index (κ3) is 3.69. The zero-order valence-electron chi connectivity index (χ0n) is 11.1. The molecule has 1 atom stereocenters. The van der Waals surface area contributed by atoms with Crippen molar-refractivity contribution in [3.63, 3.8) is 0 Å². The van der Waals surface area contributed by atoms with Gasteiger partial charge in [-0.1, -0.05) is 34.1 Å².